The molecule has 0 bridgehead atoms. The van der Waals surface area contributed by atoms with Crippen LogP contribution in [0.25, 0.3) is 0 Å². The smallest absolute Gasteiger partial charge is 0.227 e. The van der Waals surface area contributed by atoms with Gasteiger partial charge in [0.05, 0.1) is 13.2 Å². The van der Waals surface area contributed by atoms with Crippen molar-refractivity contribution in [3.8, 4) is 0 Å². The molecule has 2 saturated heterocycles. The van der Waals surface area contributed by atoms with Gasteiger partial charge in [-0.2, -0.15) is 0 Å². The van der Waals surface area contributed by atoms with Crippen LogP contribution in [0, 0.1) is 0 Å². The van der Waals surface area contributed by atoms with E-state index in [-0.39, 0.29) is 5.91 Å². The first kappa shape index (κ1) is 21.2. The summed E-state index contributed by atoms with van der Waals surface area (Å²) in [6.45, 7) is 5.57. The van der Waals surface area contributed by atoms with Crippen molar-refractivity contribution in [1.82, 2.24) is 10.6 Å². The Bertz CT molecular complexity index is 906. The van der Waals surface area contributed by atoms with E-state index < -0.39 is 0 Å². The number of carbonyl (C=O) groups excluding carboxylic acids is 1. The first-order chi connectivity index (χ1) is 15.2. The van der Waals surface area contributed by atoms with E-state index in [1.165, 1.54) is 11.3 Å². The summed E-state index contributed by atoms with van der Waals surface area (Å²) < 4.78 is 5.49. The molecule has 7 nitrogen and oxygen atoms in total. The number of nitrogens with zero attached hydrogens (tertiary/aromatic N) is 3. The van der Waals surface area contributed by atoms with Crippen LogP contribution in [0.1, 0.15) is 24.0 Å². The number of nitrogens with one attached hydrogen (secondary N) is 2. The molecule has 0 aromatic heterocycles. The molecule has 0 saturated carbocycles. The predicted molar refractivity (Wildman–Crippen MR) is 125 cm³/mol. The monoisotopic (exact) mass is 421 g/mol. The van der Waals surface area contributed by atoms with Crippen LogP contribution in [-0.4, -0.2) is 51.8 Å². The Morgan fingerprint density at radius 3 is 2.45 bits per heavy atom. The van der Waals surface area contributed by atoms with Crippen LogP contribution >= 0.6 is 0 Å². The second kappa shape index (κ2) is 10.3. The molecule has 2 heterocycles. The number of morpholine rings is 1. The molecule has 164 valence electrons. The molecule has 1 amide bonds. The fourth-order valence-electron chi connectivity index (χ4n) is 4.07. The maximum Gasteiger partial charge on any atom is 0.227 e. The normalized spacial score (nSPS) is 17.2. The van der Waals surface area contributed by atoms with Gasteiger partial charge in [0.25, 0.3) is 0 Å². The molecule has 2 fully saturated rings. The Labute approximate surface area is 184 Å². The summed E-state index contributed by atoms with van der Waals surface area (Å²) >= 11 is 0. The predicted octanol–water partition coefficient (Wildman–Crippen LogP) is 2.52. The van der Waals surface area contributed by atoms with Gasteiger partial charge < -0.3 is 25.2 Å². The van der Waals surface area contributed by atoms with E-state index in [1.807, 2.05) is 17.0 Å². The Morgan fingerprint density at radius 2 is 1.74 bits per heavy atom. The fraction of sp³-hybridized carbons (Fsp3) is 0.417. The number of hydrogen-bond donors (Lipinski definition) is 2. The van der Waals surface area contributed by atoms with Crippen LogP contribution in [0.2, 0.25) is 0 Å². The molecule has 0 unspecified atom stereocenters. The van der Waals surface area contributed by atoms with Crippen molar-refractivity contribution in [1.29, 1.82) is 0 Å². The number of benzene rings is 2. The summed E-state index contributed by atoms with van der Waals surface area (Å²) in [4.78, 5) is 20.5. The largest absolute Gasteiger partial charge is 0.378 e. The lowest BCUT2D eigenvalue weighted by atomic mass is 10.1. The van der Waals surface area contributed by atoms with E-state index in [2.05, 4.69) is 56.9 Å². The van der Waals surface area contributed by atoms with Gasteiger partial charge in [-0.05, 0) is 35.7 Å². The van der Waals surface area contributed by atoms with Gasteiger partial charge >= 0.3 is 0 Å². The fourth-order valence-corrected chi connectivity index (χ4v) is 4.07. The summed E-state index contributed by atoms with van der Waals surface area (Å²) in [5.41, 5.74) is 4.62. The molecule has 7 heteroatoms. The Kier molecular flexibility index (Phi) is 7.04. The zero-order valence-electron chi connectivity index (χ0n) is 18.1. The van der Waals surface area contributed by atoms with Gasteiger partial charge in [0.1, 0.15) is 0 Å². The van der Waals surface area contributed by atoms with Crippen LogP contribution in [0.3, 0.4) is 0 Å². The van der Waals surface area contributed by atoms with E-state index >= 15 is 0 Å². The summed E-state index contributed by atoms with van der Waals surface area (Å²) in [6.07, 6.45) is 1.60. The van der Waals surface area contributed by atoms with E-state index in [0.717, 1.165) is 56.5 Å². The third-order valence-electron chi connectivity index (χ3n) is 5.79. The number of rotatable bonds is 6. The van der Waals surface area contributed by atoms with Crippen LogP contribution in [0.5, 0.6) is 0 Å². The molecular weight excluding hydrogens is 390 g/mol. The van der Waals surface area contributed by atoms with Gasteiger partial charge in [0.15, 0.2) is 5.96 Å². The van der Waals surface area contributed by atoms with Crippen LogP contribution in [-0.2, 0) is 22.6 Å². The minimum absolute atomic E-state index is 0.216. The number of ether oxygens (including phenoxy) is 1. The Hall–Kier alpha value is -3.06. The van der Waals surface area contributed by atoms with Gasteiger partial charge in [-0.1, -0.05) is 30.3 Å². The highest BCUT2D eigenvalue weighted by Gasteiger charge is 2.21. The number of carbonyl (C=O) groups is 1. The van der Waals surface area contributed by atoms with Crippen molar-refractivity contribution in [2.24, 2.45) is 4.99 Å². The summed E-state index contributed by atoms with van der Waals surface area (Å²) in [5.74, 6) is 0.975. The molecule has 2 aromatic rings. The Balaban J connectivity index is 1.31. The number of para-hydroxylation sites is 1. The standard InChI is InChI=1S/C24H31N5O2/c1-25-24(26-17-19-8-10-21(11-9-19)29-12-4-7-23(29)30)27-18-20-5-2-3-6-22(20)28-13-15-31-16-14-28/h2-3,5-6,8-11H,4,7,12-18H2,1H3,(H2,25,26,27). The van der Waals surface area contributed by atoms with Crippen molar-refractivity contribution in [3.05, 3.63) is 59.7 Å². The Morgan fingerprint density at radius 1 is 1.00 bits per heavy atom. The van der Waals surface area contributed by atoms with Crippen molar-refractivity contribution in [3.63, 3.8) is 0 Å². The lowest BCUT2D eigenvalue weighted by Gasteiger charge is -2.30. The van der Waals surface area contributed by atoms with Crippen LogP contribution < -0.4 is 20.4 Å². The van der Waals surface area contributed by atoms with E-state index in [9.17, 15) is 4.79 Å². The number of amides is 1. The highest BCUT2D eigenvalue weighted by atomic mass is 16.5. The topological polar surface area (TPSA) is 69.2 Å². The second-order valence-electron chi connectivity index (χ2n) is 7.82. The van der Waals surface area contributed by atoms with Crippen LogP contribution in [0.15, 0.2) is 53.5 Å². The molecule has 4 rings (SSSR count). The third-order valence-corrected chi connectivity index (χ3v) is 5.79. The molecule has 31 heavy (non-hydrogen) atoms. The molecule has 2 aliphatic rings. The van der Waals surface area contributed by atoms with Crippen molar-refractivity contribution in [2.75, 3.05) is 49.7 Å². The highest BCUT2D eigenvalue weighted by Crippen LogP contribution is 2.22. The molecule has 0 spiro atoms. The van der Waals surface area contributed by atoms with Gasteiger partial charge in [-0.15, -0.1) is 0 Å². The lowest BCUT2D eigenvalue weighted by molar-refractivity contribution is -0.117. The van der Waals surface area contributed by atoms with E-state index in [1.54, 1.807) is 7.05 Å². The van der Waals surface area contributed by atoms with E-state index in [4.69, 9.17) is 4.74 Å². The molecule has 0 radical (unpaired) electrons. The minimum atomic E-state index is 0.216. The lowest BCUT2D eigenvalue weighted by Crippen LogP contribution is -2.39. The zero-order valence-corrected chi connectivity index (χ0v) is 18.1. The zero-order chi connectivity index (χ0) is 21.5. The average Bonchev–Trinajstić information content (AvgIpc) is 3.26. The number of aliphatic imine (C=N–C) groups is 1. The maximum atomic E-state index is 11.9. The maximum absolute atomic E-state index is 11.9. The summed E-state index contributed by atoms with van der Waals surface area (Å²) in [5, 5.41) is 6.80. The molecule has 2 aliphatic heterocycles. The van der Waals surface area contributed by atoms with Gasteiger partial charge in [0.2, 0.25) is 5.91 Å². The van der Waals surface area contributed by atoms with Crippen LogP contribution in [0.4, 0.5) is 11.4 Å². The van der Waals surface area contributed by atoms with E-state index in [0.29, 0.717) is 19.5 Å². The van der Waals surface area contributed by atoms with Crippen molar-refractivity contribution >= 4 is 23.2 Å². The third kappa shape index (κ3) is 5.35. The molecule has 2 aromatic carbocycles. The summed E-state index contributed by atoms with van der Waals surface area (Å²) in [7, 11) is 1.78. The number of hydrogen-bond acceptors (Lipinski definition) is 4. The molecule has 0 aliphatic carbocycles. The highest BCUT2D eigenvalue weighted by molar-refractivity contribution is 5.95. The molecule has 2 N–H and O–H groups in total. The number of anilines is 2. The van der Waals surface area contributed by atoms with Crippen molar-refractivity contribution in [2.45, 2.75) is 25.9 Å². The minimum Gasteiger partial charge on any atom is -0.378 e. The quantitative estimate of drug-likeness (QED) is 0.554. The summed E-state index contributed by atoms with van der Waals surface area (Å²) in [6, 6.07) is 16.7. The average molecular weight is 422 g/mol. The number of guanidine groups is 1. The van der Waals surface area contributed by atoms with Gasteiger partial charge in [0, 0.05) is 57.6 Å². The SMILES string of the molecule is CN=C(NCc1ccc(N2CCCC2=O)cc1)NCc1ccccc1N1CCOCC1. The molecular formula is C24H31N5O2. The first-order valence-corrected chi connectivity index (χ1v) is 11.0. The van der Waals surface area contributed by atoms with Gasteiger partial charge in [-0.25, -0.2) is 0 Å². The van der Waals surface area contributed by atoms with Gasteiger partial charge in [-0.3, -0.25) is 9.79 Å². The second-order valence-corrected chi connectivity index (χ2v) is 7.82. The van der Waals surface area contributed by atoms with Crippen molar-refractivity contribution < 1.29 is 9.53 Å². The first-order valence-electron chi connectivity index (χ1n) is 11.0. The molecule has 0 atom stereocenters.